The molecule has 3 rings (SSSR count). The minimum absolute atomic E-state index is 0.120. The lowest BCUT2D eigenvalue weighted by atomic mass is 9.99. The number of hydrogen-bond donors (Lipinski definition) is 0. The molecule has 0 aliphatic carbocycles. The molecule has 1 aliphatic heterocycles. The van der Waals surface area contributed by atoms with Crippen molar-refractivity contribution in [3.8, 4) is 0 Å². The maximum absolute atomic E-state index is 12.5. The van der Waals surface area contributed by atoms with Crippen LogP contribution in [0.2, 0.25) is 0 Å². The lowest BCUT2D eigenvalue weighted by molar-refractivity contribution is 0.0679. The molecule has 1 aromatic heterocycles. The first-order valence-corrected chi connectivity index (χ1v) is 7.86. The van der Waals surface area contributed by atoms with Crippen LogP contribution >= 0.6 is 15.9 Å². The molecule has 1 amide bonds. The van der Waals surface area contributed by atoms with Crippen molar-refractivity contribution in [2.24, 2.45) is 5.92 Å². The van der Waals surface area contributed by atoms with Crippen LogP contribution in [0, 0.1) is 5.92 Å². The van der Waals surface area contributed by atoms with E-state index in [4.69, 9.17) is 4.42 Å². The predicted octanol–water partition coefficient (Wildman–Crippen LogP) is 3.43. The second-order valence-corrected chi connectivity index (χ2v) is 6.54. The Kier molecular flexibility index (Phi) is 3.85. The minimum Gasteiger partial charge on any atom is -0.422 e. The Hall–Kier alpha value is -1.62. The highest BCUT2D eigenvalue weighted by atomic mass is 79.9. The summed E-state index contributed by atoms with van der Waals surface area (Å²) in [6.45, 7) is 3.54. The second kappa shape index (κ2) is 5.64. The van der Waals surface area contributed by atoms with Crippen LogP contribution in [-0.4, -0.2) is 23.9 Å². The standard InChI is InChI=1S/C16H16BrNO3/c1-10-3-2-6-18(9-10)15(19)13-8-11-7-12(17)4-5-14(11)21-16(13)20/h4-5,7-8,10H,2-3,6,9H2,1H3. The first-order valence-electron chi connectivity index (χ1n) is 7.07. The normalized spacial score (nSPS) is 19.0. The van der Waals surface area contributed by atoms with Crippen LogP contribution in [0.1, 0.15) is 30.1 Å². The largest absolute Gasteiger partial charge is 0.422 e. The molecular formula is C16H16BrNO3. The van der Waals surface area contributed by atoms with E-state index in [0.717, 1.165) is 22.7 Å². The van der Waals surface area contributed by atoms with Gasteiger partial charge in [-0.25, -0.2) is 4.79 Å². The smallest absolute Gasteiger partial charge is 0.349 e. The molecule has 1 unspecified atom stereocenters. The van der Waals surface area contributed by atoms with Crippen LogP contribution in [0.5, 0.6) is 0 Å². The number of nitrogens with zero attached hydrogens (tertiary/aromatic N) is 1. The summed E-state index contributed by atoms with van der Waals surface area (Å²) in [7, 11) is 0. The summed E-state index contributed by atoms with van der Waals surface area (Å²) in [5.74, 6) is 0.251. The molecule has 110 valence electrons. The van der Waals surface area contributed by atoms with Gasteiger partial charge < -0.3 is 9.32 Å². The van der Waals surface area contributed by atoms with Crippen LogP contribution in [0.3, 0.4) is 0 Å². The summed E-state index contributed by atoms with van der Waals surface area (Å²) in [6.07, 6.45) is 2.11. The van der Waals surface area contributed by atoms with Gasteiger partial charge in [-0.3, -0.25) is 4.79 Å². The third kappa shape index (κ3) is 2.88. The summed E-state index contributed by atoms with van der Waals surface area (Å²) in [6, 6.07) is 7.00. The molecule has 0 N–H and O–H groups in total. The van der Waals surface area contributed by atoms with Gasteiger partial charge in [0.15, 0.2) is 0 Å². The van der Waals surface area contributed by atoms with Gasteiger partial charge in [0.1, 0.15) is 11.1 Å². The number of piperidine rings is 1. The summed E-state index contributed by atoms with van der Waals surface area (Å²) in [4.78, 5) is 26.4. The van der Waals surface area contributed by atoms with Crippen molar-refractivity contribution in [3.05, 3.63) is 44.7 Å². The summed E-state index contributed by atoms with van der Waals surface area (Å²) < 4.78 is 6.15. The molecule has 2 heterocycles. The molecule has 5 heteroatoms. The third-order valence-electron chi connectivity index (χ3n) is 3.87. The third-order valence-corrected chi connectivity index (χ3v) is 4.36. The first-order chi connectivity index (χ1) is 10.0. The number of likely N-dealkylation sites (tertiary alicyclic amines) is 1. The van der Waals surface area contributed by atoms with Crippen molar-refractivity contribution in [2.45, 2.75) is 19.8 Å². The molecule has 0 spiro atoms. The Labute approximate surface area is 130 Å². The van der Waals surface area contributed by atoms with Gasteiger partial charge in [0.25, 0.3) is 5.91 Å². The van der Waals surface area contributed by atoms with E-state index in [-0.39, 0.29) is 11.5 Å². The number of benzene rings is 1. The van der Waals surface area contributed by atoms with E-state index in [1.807, 2.05) is 6.07 Å². The van der Waals surface area contributed by atoms with E-state index in [2.05, 4.69) is 22.9 Å². The molecule has 1 aromatic carbocycles. The average molecular weight is 350 g/mol. The molecule has 1 atom stereocenters. The SMILES string of the molecule is CC1CCCN(C(=O)c2cc3cc(Br)ccc3oc2=O)C1. The number of fused-ring (bicyclic) bond motifs is 1. The van der Waals surface area contributed by atoms with E-state index in [1.54, 1.807) is 23.1 Å². The maximum Gasteiger partial charge on any atom is 0.349 e. The number of hydrogen-bond acceptors (Lipinski definition) is 3. The van der Waals surface area contributed by atoms with Crippen molar-refractivity contribution in [2.75, 3.05) is 13.1 Å². The Morgan fingerprint density at radius 2 is 2.19 bits per heavy atom. The predicted molar refractivity (Wildman–Crippen MR) is 84.5 cm³/mol. The van der Waals surface area contributed by atoms with Crippen molar-refractivity contribution >= 4 is 32.8 Å². The molecule has 4 nitrogen and oxygen atoms in total. The van der Waals surface area contributed by atoms with E-state index in [0.29, 0.717) is 24.6 Å². The highest BCUT2D eigenvalue weighted by molar-refractivity contribution is 9.10. The lowest BCUT2D eigenvalue weighted by Crippen LogP contribution is -2.40. The fourth-order valence-corrected chi connectivity index (χ4v) is 3.17. The average Bonchev–Trinajstić information content (AvgIpc) is 2.46. The van der Waals surface area contributed by atoms with Gasteiger partial charge in [0.05, 0.1) is 0 Å². The highest BCUT2D eigenvalue weighted by Crippen LogP contribution is 2.21. The van der Waals surface area contributed by atoms with Crippen LogP contribution in [0.25, 0.3) is 11.0 Å². The zero-order valence-corrected chi connectivity index (χ0v) is 13.4. The fourth-order valence-electron chi connectivity index (χ4n) is 2.79. The van der Waals surface area contributed by atoms with Gasteiger partial charge in [-0.2, -0.15) is 0 Å². The minimum atomic E-state index is -0.562. The molecule has 2 aromatic rings. The summed E-state index contributed by atoms with van der Waals surface area (Å²) in [5.41, 5.74) is 0.0505. The lowest BCUT2D eigenvalue weighted by Gasteiger charge is -2.30. The molecule has 0 bridgehead atoms. The van der Waals surface area contributed by atoms with Crippen molar-refractivity contribution in [1.29, 1.82) is 0 Å². The van der Waals surface area contributed by atoms with Gasteiger partial charge in [0.2, 0.25) is 0 Å². The quantitative estimate of drug-likeness (QED) is 0.741. The summed E-state index contributed by atoms with van der Waals surface area (Å²) in [5, 5.41) is 0.748. The number of halogens is 1. The van der Waals surface area contributed by atoms with Crippen LogP contribution < -0.4 is 5.63 Å². The van der Waals surface area contributed by atoms with Crippen molar-refractivity contribution in [3.63, 3.8) is 0 Å². The first kappa shape index (κ1) is 14.3. The van der Waals surface area contributed by atoms with E-state index in [1.165, 1.54) is 0 Å². The summed E-state index contributed by atoms with van der Waals surface area (Å²) >= 11 is 3.38. The van der Waals surface area contributed by atoms with Gasteiger partial charge in [-0.05, 0) is 43.0 Å². The Bertz CT molecular complexity index is 753. The van der Waals surface area contributed by atoms with Crippen molar-refractivity contribution in [1.82, 2.24) is 4.90 Å². The fraction of sp³-hybridized carbons (Fsp3) is 0.375. The zero-order valence-electron chi connectivity index (χ0n) is 11.8. The Balaban J connectivity index is 2.01. The van der Waals surface area contributed by atoms with Crippen LogP contribution in [0.15, 0.2) is 37.9 Å². The van der Waals surface area contributed by atoms with E-state index >= 15 is 0 Å². The number of rotatable bonds is 1. The Morgan fingerprint density at radius 1 is 1.38 bits per heavy atom. The number of carbonyl (C=O) groups excluding carboxylic acids is 1. The number of amides is 1. The van der Waals surface area contributed by atoms with Gasteiger partial charge >= 0.3 is 5.63 Å². The molecule has 1 saturated heterocycles. The van der Waals surface area contributed by atoms with Gasteiger partial charge in [-0.15, -0.1) is 0 Å². The number of carbonyl (C=O) groups is 1. The molecule has 1 aliphatic rings. The highest BCUT2D eigenvalue weighted by Gasteiger charge is 2.24. The maximum atomic E-state index is 12.5. The second-order valence-electron chi connectivity index (χ2n) is 5.63. The Morgan fingerprint density at radius 3 is 2.95 bits per heavy atom. The van der Waals surface area contributed by atoms with Gasteiger partial charge in [0, 0.05) is 22.9 Å². The van der Waals surface area contributed by atoms with E-state index in [9.17, 15) is 9.59 Å². The van der Waals surface area contributed by atoms with Crippen LogP contribution in [0.4, 0.5) is 0 Å². The topological polar surface area (TPSA) is 50.5 Å². The van der Waals surface area contributed by atoms with Crippen molar-refractivity contribution < 1.29 is 9.21 Å². The zero-order chi connectivity index (χ0) is 15.0. The molecular weight excluding hydrogens is 334 g/mol. The molecule has 0 radical (unpaired) electrons. The van der Waals surface area contributed by atoms with Crippen LogP contribution in [-0.2, 0) is 0 Å². The molecule has 0 saturated carbocycles. The molecule has 21 heavy (non-hydrogen) atoms. The molecule has 1 fully saturated rings. The monoisotopic (exact) mass is 349 g/mol. The van der Waals surface area contributed by atoms with Gasteiger partial charge in [-0.1, -0.05) is 22.9 Å². The van der Waals surface area contributed by atoms with E-state index < -0.39 is 5.63 Å².